The van der Waals surface area contributed by atoms with E-state index in [1.807, 2.05) is 33.8 Å². The number of allylic oxidation sites excluding steroid dienone is 1. The fourth-order valence-electron chi connectivity index (χ4n) is 1.16. The van der Waals surface area contributed by atoms with Crippen molar-refractivity contribution in [3.8, 4) is 0 Å². The van der Waals surface area contributed by atoms with E-state index in [2.05, 4.69) is 37.7 Å². The van der Waals surface area contributed by atoms with Crippen molar-refractivity contribution in [3.05, 3.63) is 24.0 Å². The van der Waals surface area contributed by atoms with Gasteiger partial charge in [0.1, 0.15) is 5.82 Å². The molecule has 0 atom stereocenters. The maximum Gasteiger partial charge on any atom is 0.129 e. The lowest BCUT2D eigenvalue weighted by molar-refractivity contribution is 0.840. The second-order valence-corrected chi connectivity index (χ2v) is 3.66. The van der Waals surface area contributed by atoms with Crippen LogP contribution in [-0.2, 0) is 0 Å². The topological polar surface area (TPSA) is 24.4 Å². The highest BCUT2D eigenvalue weighted by Gasteiger charge is 2.10. The summed E-state index contributed by atoms with van der Waals surface area (Å²) in [6, 6.07) is 0. The van der Waals surface area contributed by atoms with E-state index in [1.165, 1.54) is 11.3 Å². The molecule has 0 spiro atoms. The molecule has 0 aliphatic carbocycles. The fourth-order valence-corrected chi connectivity index (χ4v) is 1.16. The lowest BCUT2D eigenvalue weighted by Crippen LogP contribution is -2.09. The Hall–Kier alpha value is -1.05. The molecule has 0 saturated carbocycles. The van der Waals surface area contributed by atoms with Gasteiger partial charge >= 0.3 is 0 Å². The maximum atomic E-state index is 4.54. The van der Waals surface area contributed by atoms with E-state index in [-0.39, 0.29) is 0 Å². The second-order valence-electron chi connectivity index (χ2n) is 3.66. The highest BCUT2D eigenvalue weighted by Crippen LogP contribution is 2.16. The summed E-state index contributed by atoms with van der Waals surface area (Å²) >= 11 is 0. The molecule has 1 aliphatic heterocycles. The van der Waals surface area contributed by atoms with E-state index in [0.717, 1.165) is 18.8 Å². The quantitative estimate of drug-likeness (QED) is 0.717. The van der Waals surface area contributed by atoms with Crippen LogP contribution in [0.15, 0.2) is 29.0 Å². The van der Waals surface area contributed by atoms with Crippen LogP contribution < -0.4 is 5.32 Å². The van der Waals surface area contributed by atoms with Gasteiger partial charge in [-0.2, -0.15) is 0 Å². The van der Waals surface area contributed by atoms with Gasteiger partial charge in [-0.15, -0.1) is 0 Å². The standard InChI is InChI=1S/C11H18N2.2C2H6/c1-5-10-6-7-12-11(10)13-9(4)8(2)3;2*1-2/h5,8,12H,1,6-7H2,2-4H3;2*1-2H3/b13-9+;;. The molecule has 0 saturated heterocycles. The number of nitrogens with one attached hydrogen (secondary N) is 1. The van der Waals surface area contributed by atoms with Crippen LogP contribution in [0.1, 0.15) is 54.9 Å². The summed E-state index contributed by atoms with van der Waals surface area (Å²) in [6.45, 7) is 19.1. The minimum absolute atomic E-state index is 0.515. The Morgan fingerprint density at radius 3 is 2.24 bits per heavy atom. The van der Waals surface area contributed by atoms with Gasteiger partial charge in [-0.3, -0.25) is 0 Å². The first kappa shape index (κ1) is 18.3. The van der Waals surface area contributed by atoms with Crippen LogP contribution >= 0.6 is 0 Å². The molecule has 17 heavy (non-hydrogen) atoms. The van der Waals surface area contributed by atoms with Crippen molar-refractivity contribution in [1.82, 2.24) is 5.32 Å². The van der Waals surface area contributed by atoms with Crippen molar-refractivity contribution >= 4 is 5.71 Å². The molecular formula is C15H30N2. The highest BCUT2D eigenvalue weighted by molar-refractivity contribution is 5.84. The van der Waals surface area contributed by atoms with Crippen LogP contribution in [0.25, 0.3) is 0 Å². The fraction of sp³-hybridized carbons (Fsp3) is 0.667. The third-order valence-electron chi connectivity index (χ3n) is 2.36. The predicted molar refractivity (Wildman–Crippen MR) is 80.5 cm³/mol. The van der Waals surface area contributed by atoms with E-state index in [9.17, 15) is 0 Å². The average molecular weight is 238 g/mol. The minimum Gasteiger partial charge on any atom is -0.370 e. The smallest absolute Gasteiger partial charge is 0.129 e. The largest absolute Gasteiger partial charge is 0.370 e. The van der Waals surface area contributed by atoms with Crippen LogP contribution in [0.4, 0.5) is 0 Å². The first-order valence-corrected chi connectivity index (χ1v) is 6.79. The monoisotopic (exact) mass is 238 g/mol. The van der Waals surface area contributed by atoms with Crippen LogP contribution in [0.5, 0.6) is 0 Å². The van der Waals surface area contributed by atoms with Crippen molar-refractivity contribution in [1.29, 1.82) is 0 Å². The molecule has 0 aromatic rings. The summed E-state index contributed by atoms with van der Waals surface area (Å²) in [4.78, 5) is 4.54. The SMILES string of the molecule is C=CC1=C(/N=C(\C)C(C)C)NCC1.CC.CC. The number of nitrogens with zero attached hydrogens (tertiary/aromatic N) is 1. The van der Waals surface area contributed by atoms with E-state index < -0.39 is 0 Å². The molecule has 0 fully saturated rings. The van der Waals surface area contributed by atoms with Gasteiger partial charge in [-0.1, -0.05) is 54.2 Å². The first-order chi connectivity index (χ1) is 8.15. The second kappa shape index (κ2) is 11.4. The maximum absolute atomic E-state index is 4.54. The Bertz CT molecular complexity index is 260. The van der Waals surface area contributed by atoms with Crippen molar-refractivity contribution < 1.29 is 0 Å². The molecule has 0 unspecified atom stereocenters. The van der Waals surface area contributed by atoms with Crippen LogP contribution in [0, 0.1) is 5.92 Å². The summed E-state index contributed by atoms with van der Waals surface area (Å²) in [5, 5.41) is 3.26. The van der Waals surface area contributed by atoms with Gasteiger partial charge in [0, 0.05) is 12.3 Å². The van der Waals surface area contributed by atoms with Gasteiger partial charge in [-0.25, -0.2) is 4.99 Å². The van der Waals surface area contributed by atoms with E-state index >= 15 is 0 Å². The Morgan fingerprint density at radius 1 is 1.29 bits per heavy atom. The lowest BCUT2D eigenvalue weighted by Gasteiger charge is -2.05. The van der Waals surface area contributed by atoms with Crippen LogP contribution in [-0.4, -0.2) is 12.3 Å². The third kappa shape index (κ3) is 6.98. The van der Waals surface area contributed by atoms with Crippen molar-refractivity contribution in [3.63, 3.8) is 0 Å². The molecule has 0 aromatic carbocycles. The summed E-state index contributed by atoms with van der Waals surface area (Å²) in [7, 11) is 0. The molecule has 1 N–H and O–H groups in total. The van der Waals surface area contributed by atoms with Crippen molar-refractivity contribution in [2.24, 2.45) is 10.9 Å². The molecule has 0 radical (unpaired) electrons. The van der Waals surface area contributed by atoms with Crippen molar-refractivity contribution in [2.75, 3.05) is 6.54 Å². The van der Waals surface area contributed by atoms with Gasteiger partial charge in [0.2, 0.25) is 0 Å². The van der Waals surface area contributed by atoms with Gasteiger partial charge in [0.25, 0.3) is 0 Å². The molecule has 0 bridgehead atoms. The van der Waals surface area contributed by atoms with Gasteiger partial charge in [-0.05, 0) is 24.8 Å². The van der Waals surface area contributed by atoms with E-state index in [0.29, 0.717) is 5.92 Å². The summed E-state index contributed by atoms with van der Waals surface area (Å²) in [6.07, 6.45) is 2.94. The number of hydrogen-bond acceptors (Lipinski definition) is 2. The molecule has 2 heteroatoms. The normalized spacial score (nSPS) is 14.5. The lowest BCUT2D eigenvalue weighted by atomic mass is 10.1. The third-order valence-corrected chi connectivity index (χ3v) is 2.36. The summed E-state index contributed by atoms with van der Waals surface area (Å²) in [5.41, 5.74) is 2.41. The van der Waals surface area contributed by atoms with Gasteiger partial charge in [0.15, 0.2) is 0 Å². The van der Waals surface area contributed by atoms with Crippen molar-refractivity contribution in [2.45, 2.75) is 54.9 Å². The van der Waals surface area contributed by atoms with Crippen LogP contribution in [0.3, 0.4) is 0 Å². The van der Waals surface area contributed by atoms with E-state index in [1.54, 1.807) is 0 Å². The molecule has 1 heterocycles. The zero-order valence-electron chi connectivity index (χ0n) is 12.7. The summed E-state index contributed by atoms with van der Waals surface area (Å²) in [5.74, 6) is 1.53. The van der Waals surface area contributed by atoms with Gasteiger partial charge < -0.3 is 5.32 Å². The molecule has 1 aliphatic rings. The van der Waals surface area contributed by atoms with E-state index in [4.69, 9.17) is 0 Å². The first-order valence-electron chi connectivity index (χ1n) is 6.79. The predicted octanol–water partition coefficient (Wildman–Crippen LogP) is 4.55. The zero-order valence-corrected chi connectivity index (χ0v) is 12.7. The number of aliphatic imine (C=N–C) groups is 1. The molecular weight excluding hydrogens is 208 g/mol. The molecule has 1 rings (SSSR count). The average Bonchev–Trinajstić information content (AvgIpc) is 2.81. The Balaban J connectivity index is 0. The van der Waals surface area contributed by atoms with Crippen LogP contribution in [0.2, 0.25) is 0 Å². The summed E-state index contributed by atoms with van der Waals surface area (Å²) < 4.78 is 0. The molecule has 2 nitrogen and oxygen atoms in total. The molecule has 0 aromatic heterocycles. The number of hydrogen-bond donors (Lipinski definition) is 1. The number of rotatable bonds is 3. The zero-order chi connectivity index (χ0) is 13.8. The highest BCUT2D eigenvalue weighted by atomic mass is 15.1. The Labute approximate surface area is 108 Å². The minimum atomic E-state index is 0.515. The van der Waals surface area contributed by atoms with Gasteiger partial charge in [0.05, 0.1) is 0 Å². The Kier molecular flexibility index (Phi) is 12.3. The Morgan fingerprint density at radius 2 is 1.82 bits per heavy atom. The molecule has 100 valence electrons. The molecule has 0 amide bonds.